The van der Waals surface area contributed by atoms with Crippen LogP contribution in [0.3, 0.4) is 0 Å². The van der Waals surface area contributed by atoms with Crippen molar-refractivity contribution in [2.45, 2.75) is 169 Å². The first-order chi connectivity index (χ1) is 52.8. The van der Waals surface area contributed by atoms with Crippen LogP contribution in [0.25, 0.3) is 43.1 Å². The van der Waals surface area contributed by atoms with E-state index in [1.165, 1.54) is 0 Å². The Morgan fingerprint density at radius 3 is 0.874 bits per heavy atom. The predicted octanol–water partition coefficient (Wildman–Crippen LogP) is 20.6. The number of hydrogen-bond acceptors (Lipinski definition) is 16. The first-order valence-electron chi connectivity index (χ1n) is 38.2. The van der Waals surface area contributed by atoms with Gasteiger partial charge < -0.3 is 47.4 Å². The van der Waals surface area contributed by atoms with Gasteiger partial charge in [0.1, 0.15) is 106 Å². The molecule has 4 aliphatic rings. The van der Waals surface area contributed by atoms with E-state index in [1.54, 1.807) is 72.8 Å². The van der Waals surface area contributed by atoms with Crippen molar-refractivity contribution in [1.82, 2.24) is 9.80 Å². The molecule has 4 amide bonds. The Morgan fingerprint density at radius 2 is 0.622 bits per heavy atom. The van der Waals surface area contributed by atoms with Gasteiger partial charge in [-0.05, 0) is 184 Å². The molecule has 4 unspecified atom stereocenters. The number of fused-ring (bicyclic) bond motifs is 2. The Bertz CT molecular complexity index is 5230. The summed E-state index contributed by atoms with van der Waals surface area (Å²) >= 11 is 0. The van der Waals surface area contributed by atoms with Crippen LogP contribution in [0.5, 0.6) is 69.0 Å². The number of carbonyl (C=O) groups excluding carboxylic acids is 6. The van der Waals surface area contributed by atoms with Crippen molar-refractivity contribution in [1.29, 1.82) is 0 Å². The Labute approximate surface area is 646 Å². The number of hydrogen-bond donors (Lipinski definition) is 0. The third-order valence-corrected chi connectivity index (χ3v) is 20.9. The van der Waals surface area contributed by atoms with E-state index in [0.717, 1.165) is 32.1 Å². The van der Waals surface area contributed by atoms with E-state index in [2.05, 4.69) is 83.1 Å². The van der Waals surface area contributed by atoms with Crippen molar-refractivity contribution in [2.75, 3.05) is 26.4 Å². The second-order valence-corrected chi connectivity index (χ2v) is 33.9. The molecule has 0 spiro atoms. The van der Waals surface area contributed by atoms with E-state index in [0.29, 0.717) is 67.3 Å². The number of esters is 2. The van der Waals surface area contributed by atoms with Crippen molar-refractivity contribution in [3.8, 4) is 69.0 Å². The Kier molecular flexibility index (Phi) is 19.5. The maximum absolute atomic E-state index is 16.6. The summed E-state index contributed by atoms with van der Waals surface area (Å²) in [5.41, 5.74) is 2.92. The fourth-order valence-corrected chi connectivity index (χ4v) is 14.7. The van der Waals surface area contributed by atoms with Crippen LogP contribution >= 0.6 is 0 Å². The molecule has 0 bridgehead atoms. The zero-order chi connectivity index (χ0) is 78.5. The molecular formula is C93H92N2O16. The standard InChI is InChI=1S/C93H92N2O16/c1-16-17-70(88(100)110-62-38-34-56(35-39-62)102-47-64-49-104-64)94-84(96)66-43-72(106-58-26-18-52(19-27-58)90(4,5)6)78-80-74(108-60-30-22-54(23-31-60)92(10,11)12)45-68-77-69(87(99)95(86(68)98)71(42-51(2)3)89(101)111-63-40-36-57(37-41-63)103-48-65-50-105-65)46-75(109-61-32-24-55(25-33-61)93(13,14)15)81(83(77)80)79-73(44-67(85(94)97)76(66)82(78)79)107-59-28-20-53(21-29-59)91(7,8)9/h18-41,43-46,51,64-65,70-71H,16-17,42,47-50H2,1-15H3. The van der Waals surface area contributed by atoms with E-state index in [4.69, 9.17) is 47.4 Å². The van der Waals surface area contributed by atoms with Crippen molar-refractivity contribution < 1.29 is 76.1 Å². The Hall–Kier alpha value is -11.3. The minimum Gasteiger partial charge on any atom is -0.491 e. The minimum atomic E-state index is -1.48. The molecule has 18 nitrogen and oxygen atoms in total. The quantitative estimate of drug-likeness (QED) is 0.0138. The van der Waals surface area contributed by atoms with Crippen molar-refractivity contribution in [2.24, 2.45) is 5.92 Å². The predicted molar refractivity (Wildman–Crippen MR) is 426 cm³/mol. The van der Waals surface area contributed by atoms with Gasteiger partial charge in [0, 0.05) is 43.1 Å². The van der Waals surface area contributed by atoms with E-state index in [1.807, 2.05) is 118 Å². The molecular weight excluding hydrogens is 1400 g/mol. The topological polar surface area (TPSA) is 208 Å². The number of epoxide rings is 2. The summed E-state index contributed by atoms with van der Waals surface area (Å²) in [7, 11) is 0. The number of benzene rings is 11. The zero-order valence-corrected chi connectivity index (χ0v) is 65.4. The second-order valence-electron chi connectivity index (χ2n) is 33.9. The van der Waals surface area contributed by atoms with Gasteiger partial charge in [0.05, 0.1) is 35.5 Å². The van der Waals surface area contributed by atoms with Gasteiger partial charge in [-0.15, -0.1) is 0 Å². The number of ether oxygens (including phenoxy) is 10. The Morgan fingerprint density at radius 1 is 0.369 bits per heavy atom. The van der Waals surface area contributed by atoms with E-state index < -0.39 is 47.7 Å². The summed E-state index contributed by atoms with van der Waals surface area (Å²) < 4.78 is 64.2. The molecule has 0 aliphatic carbocycles. The first-order valence-corrected chi connectivity index (χ1v) is 38.2. The summed E-state index contributed by atoms with van der Waals surface area (Å²) in [5, 5.41) is 2.05. The molecule has 0 saturated carbocycles. The summed E-state index contributed by atoms with van der Waals surface area (Å²) in [5.74, 6) is -2.10. The number of carbonyl (C=O) groups is 6. The molecule has 4 atom stereocenters. The molecule has 4 aliphatic heterocycles. The fraction of sp³-hybridized carbons (Fsp3) is 0.333. The zero-order valence-electron chi connectivity index (χ0n) is 65.4. The lowest BCUT2D eigenvalue weighted by Crippen LogP contribution is -2.52. The SMILES string of the molecule is CCCC(C(=O)Oc1ccc(OCC2CO2)cc1)N1C(=O)c2cc(Oc3ccc(C(C)(C)C)cc3)c3c4c(Oc5ccc(C(C)(C)C)cc5)cc5c6c(cc(Oc7ccc(C(C)(C)C)cc7)c(c7c(Oc8ccc(C(C)(C)C)cc8)cc(c2c37)C1=O)c64)C(=O)N(C(CC(C)C)C(=O)Oc1ccc(OCC2CO2)cc1)C5=O. The van der Waals surface area contributed by atoms with Crippen LogP contribution < -0.4 is 37.9 Å². The lowest BCUT2D eigenvalue weighted by Gasteiger charge is -2.35. The third-order valence-electron chi connectivity index (χ3n) is 20.9. The molecule has 2 saturated heterocycles. The summed E-state index contributed by atoms with van der Waals surface area (Å²) in [4.78, 5) is 98.4. The monoisotopic (exact) mass is 1490 g/mol. The number of rotatable bonds is 24. The molecule has 11 aromatic rings. The van der Waals surface area contributed by atoms with Crippen LogP contribution in [-0.4, -0.2) is 96.1 Å². The highest BCUT2D eigenvalue weighted by Gasteiger charge is 2.47. The molecule has 0 radical (unpaired) electrons. The van der Waals surface area contributed by atoms with Gasteiger partial charge in [0.2, 0.25) is 0 Å². The van der Waals surface area contributed by atoms with Crippen molar-refractivity contribution in [3.05, 3.63) is 214 Å². The number of amides is 4. The highest BCUT2D eigenvalue weighted by Crippen LogP contribution is 2.59. The highest BCUT2D eigenvalue weighted by molar-refractivity contribution is 6.45. The van der Waals surface area contributed by atoms with Crippen LogP contribution in [0.4, 0.5) is 0 Å². The largest absolute Gasteiger partial charge is 0.491 e. The average Bonchev–Trinajstić information content (AvgIpc) is 0.885. The maximum Gasteiger partial charge on any atom is 0.334 e. The number of nitrogens with zero attached hydrogens (tertiary/aromatic N) is 2. The summed E-state index contributed by atoms with van der Waals surface area (Å²) in [6.07, 6.45) is 0.399. The van der Waals surface area contributed by atoms with E-state index >= 15 is 28.8 Å². The van der Waals surface area contributed by atoms with Crippen LogP contribution in [0.2, 0.25) is 0 Å². The maximum atomic E-state index is 16.6. The molecule has 4 heterocycles. The van der Waals surface area contributed by atoms with Crippen molar-refractivity contribution >= 4 is 78.7 Å². The van der Waals surface area contributed by atoms with Crippen LogP contribution in [-0.2, 0) is 40.7 Å². The van der Waals surface area contributed by atoms with Crippen molar-refractivity contribution in [3.63, 3.8) is 0 Å². The minimum absolute atomic E-state index is 0.00530. The molecule has 18 heteroatoms. The van der Waals surface area contributed by atoms with Gasteiger partial charge >= 0.3 is 11.9 Å². The highest BCUT2D eigenvalue weighted by atomic mass is 16.6. The van der Waals surface area contributed by atoms with Gasteiger partial charge in [0.15, 0.2) is 0 Å². The third kappa shape index (κ3) is 15.0. The van der Waals surface area contributed by atoms with Crippen LogP contribution in [0.15, 0.2) is 170 Å². The van der Waals surface area contributed by atoms with Gasteiger partial charge in [-0.2, -0.15) is 0 Å². The number of imide groups is 2. The lowest BCUT2D eigenvalue weighted by atomic mass is 9.80. The molecule has 570 valence electrons. The van der Waals surface area contributed by atoms with E-state index in [-0.39, 0.29) is 152 Å². The molecule has 0 aromatic heterocycles. The average molecular weight is 1490 g/mol. The second kappa shape index (κ2) is 28.8. The van der Waals surface area contributed by atoms with Gasteiger partial charge in [-0.25, -0.2) is 9.59 Å². The normalized spacial score (nSPS) is 16.2. The molecule has 15 rings (SSSR count). The van der Waals surface area contributed by atoms with Crippen LogP contribution in [0.1, 0.15) is 187 Å². The van der Waals surface area contributed by atoms with Gasteiger partial charge in [0.25, 0.3) is 23.6 Å². The molecule has 11 aromatic carbocycles. The first kappa shape index (κ1) is 75.1. The van der Waals surface area contributed by atoms with Gasteiger partial charge in [-0.1, -0.05) is 159 Å². The summed E-state index contributed by atoms with van der Waals surface area (Å²) in [6, 6.07) is 47.0. The van der Waals surface area contributed by atoms with Crippen LogP contribution in [0, 0.1) is 5.92 Å². The van der Waals surface area contributed by atoms with Gasteiger partial charge in [-0.3, -0.25) is 29.0 Å². The van der Waals surface area contributed by atoms with E-state index in [9.17, 15) is 0 Å². The smallest absolute Gasteiger partial charge is 0.334 e. The Balaban J connectivity index is 1.03. The molecule has 0 N–H and O–H groups in total. The summed E-state index contributed by atoms with van der Waals surface area (Å²) in [6.45, 7) is 32.9. The molecule has 111 heavy (non-hydrogen) atoms. The fourth-order valence-electron chi connectivity index (χ4n) is 14.7. The molecule has 2 fully saturated rings. The lowest BCUT2D eigenvalue weighted by molar-refractivity contribution is -0.140.